The zero-order valence-corrected chi connectivity index (χ0v) is 16.2. The molecule has 7 nitrogen and oxygen atoms in total. The number of aliphatic carboxylic acids is 1. The molecule has 7 heteroatoms. The first-order valence-electron chi connectivity index (χ1n) is 9.55. The highest BCUT2D eigenvalue weighted by Gasteiger charge is 2.29. The molecule has 2 aromatic carbocycles. The molecule has 0 aromatic heterocycles. The predicted molar refractivity (Wildman–Crippen MR) is 107 cm³/mol. The van der Waals surface area contributed by atoms with E-state index in [1.807, 2.05) is 36.4 Å². The van der Waals surface area contributed by atoms with Crippen LogP contribution in [0.1, 0.15) is 30.4 Å². The summed E-state index contributed by atoms with van der Waals surface area (Å²) in [6.07, 6.45) is -0.340. The minimum absolute atomic E-state index is 0.0421. The molecule has 0 saturated heterocycles. The van der Waals surface area contributed by atoms with E-state index in [4.69, 9.17) is 9.84 Å². The van der Waals surface area contributed by atoms with Gasteiger partial charge in [-0.1, -0.05) is 55.5 Å². The lowest BCUT2D eigenvalue weighted by Crippen LogP contribution is -2.38. The quantitative estimate of drug-likeness (QED) is 0.636. The van der Waals surface area contributed by atoms with Crippen molar-refractivity contribution in [3.63, 3.8) is 0 Å². The van der Waals surface area contributed by atoms with Crippen LogP contribution in [-0.2, 0) is 14.3 Å². The van der Waals surface area contributed by atoms with E-state index in [0.29, 0.717) is 6.42 Å². The van der Waals surface area contributed by atoms with Crippen LogP contribution >= 0.6 is 0 Å². The fourth-order valence-electron chi connectivity index (χ4n) is 3.42. The van der Waals surface area contributed by atoms with Gasteiger partial charge in [-0.25, -0.2) is 4.79 Å². The number of carboxylic acid groups (broad SMARTS) is 1. The summed E-state index contributed by atoms with van der Waals surface area (Å²) < 4.78 is 5.36. The summed E-state index contributed by atoms with van der Waals surface area (Å²) in [5.74, 6) is -1.88. The van der Waals surface area contributed by atoms with Crippen molar-refractivity contribution in [2.24, 2.45) is 5.92 Å². The molecule has 0 bridgehead atoms. The van der Waals surface area contributed by atoms with Crippen LogP contribution in [0.5, 0.6) is 0 Å². The molecule has 1 aliphatic rings. The molecule has 0 spiro atoms. The number of carbonyl (C=O) groups excluding carboxylic acids is 2. The van der Waals surface area contributed by atoms with Crippen molar-refractivity contribution >= 4 is 18.0 Å². The van der Waals surface area contributed by atoms with Gasteiger partial charge in [0, 0.05) is 12.5 Å². The summed E-state index contributed by atoms with van der Waals surface area (Å²) in [7, 11) is 0. The Balaban J connectivity index is 1.46. The summed E-state index contributed by atoms with van der Waals surface area (Å²) in [6.45, 7) is 1.76. The maximum absolute atomic E-state index is 12.0. The SMILES string of the molecule is CC(CCNC(=O)CNC(=O)OCC1c2ccccc2-c2ccccc21)C(=O)O. The number of benzene rings is 2. The molecular weight excluding hydrogens is 372 g/mol. The average Bonchev–Trinajstić information content (AvgIpc) is 3.04. The van der Waals surface area contributed by atoms with Crippen molar-refractivity contribution in [2.45, 2.75) is 19.3 Å². The topological polar surface area (TPSA) is 105 Å². The largest absolute Gasteiger partial charge is 0.481 e. The van der Waals surface area contributed by atoms with Crippen LogP contribution < -0.4 is 10.6 Å². The molecule has 29 heavy (non-hydrogen) atoms. The van der Waals surface area contributed by atoms with Crippen LogP contribution in [0.2, 0.25) is 0 Å². The lowest BCUT2D eigenvalue weighted by Gasteiger charge is -2.14. The highest BCUT2D eigenvalue weighted by Crippen LogP contribution is 2.44. The Morgan fingerprint density at radius 2 is 1.59 bits per heavy atom. The molecule has 152 valence electrons. The molecule has 1 aliphatic carbocycles. The van der Waals surface area contributed by atoms with E-state index < -0.39 is 23.9 Å². The molecule has 0 heterocycles. The fraction of sp³-hybridized carbons (Fsp3) is 0.318. The second-order valence-corrected chi connectivity index (χ2v) is 7.06. The van der Waals surface area contributed by atoms with Crippen molar-refractivity contribution < 1.29 is 24.2 Å². The summed E-state index contributed by atoms with van der Waals surface area (Å²) in [6, 6.07) is 16.1. The minimum Gasteiger partial charge on any atom is -0.481 e. The van der Waals surface area contributed by atoms with E-state index >= 15 is 0 Å². The predicted octanol–water partition coefficient (Wildman–Crippen LogP) is 2.75. The van der Waals surface area contributed by atoms with Gasteiger partial charge in [-0.2, -0.15) is 0 Å². The third-order valence-electron chi connectivity index (χ3n) is 5.06. The molecule has 3 rings (SSSR count). The van der Waals surface area contributed by atoms with Crippen molar-refractivity contribution in [3.8, 4) is 11.1 Å². The molecule has 0 saturated carbocycles. The Morgan fingerprint density at radius 3 is 2.17 bits per heavy atom. The molecule has 1 unspecified atom stereocenters. The van der Waals surface area contributed by atoms with E-state index in [0.717, 1.165) is 22.3 Å². The summed E-state index contributed by atoms with van der Waals surface area (Å²) >= 11 is 0. The molecule has 1 atom stereocenters. The number of ether oxygens (including phenoxy) is 1. The molecule has 3 N–H and O–H groups in total. The van der Waals surface area contributed by atoms with E-state index in [1.54, 1.807) is 6.92 Å². The number of carboxylic acids is 1. The van der Waals surface area contributed by atoms with Gasteiger partial charge in [0.25, 0.3) is 0 Å². The Labute approximate surface area is 169 Å². The van der Waals surface area contributed by atoms with Crippen molar-refractivity contribution in [1.29, 1.82) is 0 Å². The fourth-order valence-corrected chi connectivity index (χ4v) is 3.42. The smallest absolute Gasteiger partial charge is 0.407 e. The monoisotopic (exact) mass is 396 g/mol. The van der Waals surface area contributed by atoms with Crippen LogP contribution in [-0.4, -0.2) is 42.8 Å². The van der Waals surface area contributed by atoms with Crippen molar-refractivity contribution in [2.75, 3.05) is 19.7 Å². The molecule has 0 fully saturated rings. The van der Waals surface area contributed by atoms with Crippen LogP contribution in [0.15, 0.2) is 48.5 Å². The zero-order valence-electron chi connectivity index (χ0n) is 16.2. The van der Waals surface area contributed by atoms with Gasteiger partial charge in [-0.15, -0.1) is 0 Å². The first-order valence-corrected chi connectivity index (χ1v) is 9.55. The van der Waals surface area contributed by atoms with E-state index in [9.17, 15) is 14.4 Å². The number of amides is 2. The maximum Gasteiger partial charge on any atom is 0.407 e. The van der Waals surface area contributed by atoms with Gasteiger partial charge in [0.2, 0.25) is 5.91 Å². The molecule has 0 radical (unpaired) electrons. The number of hydrogen-bond acceptors (Lipinski definition) is 4. The van der Waals surface area contributed by atoms with Gasteiger partial charge in [0.1, 0.15) is 6.61 Å². The van der Waals surface area contributed by atoms with Gasteiger partial charge in [-0.3, -0.25) is 9.59 Å². The second-order valence-electron chi connectivity index (χ2n) is 7.06. The summed E-state index contributed by atoms with van der Waals surface area (Å²) in [5, 5.41) is 13.8. The van der Waals surface area contributed by atoms with Crippen LogP contribution in [0.4, 0.5) is 4.79 Å². The van der Waals surface area contributed by atoms with E-state index in [-0.39, 0.29) is 25.6 Å². The lowest BCUT2D eigenvalue weighted by molar-refractivity contribution is -0.141. The Bertz CT molecular complexity index is 866. The molecule has 2 aromatic rings. The average molecular weight is 396 g/mol. The Hall–Kier alpha value is -3.35. The number of alkyl carbamates (subject to hydrolysis) is 1. The van der Waals surface area contributed by atoms with Crippen molar-refractivity contribution in [1.82, 2.24) is 10.6 Å². The first kappa shape index (κ1) is 20.4. The third-order valence-corrected chi connectivity index (χ3v) is 5.06. The maximum atomic E-state index is 12.0. The number of nitrogens with one attached hydrogen (secondary N) is 2. The number of carbonyl (C=O) groups is 3. The molecule has 0 aliphatic heterocycles. The normalized spacial score (nSPS) is 13.1. The lowest BCUT2D eigenvalue weighted by atomic mass is 9.98. The number of fused-ring (bicyclic) bond motifs is 3. The van der Waals surface area contributed by atoms with Crippen molar-refractivity contribution in [3.05, 3.63) is 59.7 Å². The van der Waals surface area contributed by atoms with Gasteiger partial charge >= 0.3 is 12.1 Å². The minimum atomic E-state index is -0.906. The summed E-state index contributed by atoms with van der Waals surface area (Å²) in [4.78, 5) is 34.5. The van der Waals surface area contributed by atoms with Gasteiger partial charge in [0.05, 0.1) is 12.5 Å². The van der Waals surface area contributed by atoms with E-state index in [2.05, 4.69) is 22.8 Å². The van der Waals surface area contributed by atoms with Crippen LogP contribution in [0.3, 0.4) is 0 Å². The van der Waals surface area contributed by atoms with Gasteiger partial charge in [0.15, 0.2) is 0 Å². The number of hydrogen-bond donors (Lipinski definition) is 3. The van der Waals surface area contributed by atoms with Gasteiger partial charge in [-0.05, 0) is 28.7 Å². The molecule has 2 amide bonds. The van der Waals surface area contributed by atoms with Crippen LogP contribution in [0.25, 0.3) is 11.1 Å². The Morgan fingerprint density at radius 1 is 1.00 bits per heavy atom. The van der Waals surface area contributed by atoms with Crippen LogP contribution in [0, 0.1) is 5.92 Å². The third kappa shape index (κ3) is 4.93. The number of rotatable bonds is 8. The zero-order chi connectivity index (χ0) is 20.8. The Kier molecular flexibility index (Phi) is 6.49. The first-order chi connectivity index (χ1) is 14.0. The van der Waals surface area contributed by atoms with E-state index in [1.165, 1.54) is 0 Å². The standard InChI is InChI=1S/C22H24N2O5/c1-14(21(26)27)10-11-23-20(25)12-24-22(28)29-13-19-17-8-4-2-6-15(17)16-7-3-5-9-18(16)19/h2-9,14,19H,10-13H2,1H3,(H,23,25)(H,24,28)(H,26,27). The molecular formula is C22H24N2O5. The summed E-state index contributed by atoms with van der Waals surface area (Å²) in [5.41, 5.74) is 4.53. The van der Waals surface area contributed by atoms with Gasteiger partial charge < -0.3 is 20.5 Å². The highest BCUT2D eigenvalue weighted by molar-refractivity contribution is 5.82. The second kappa shape index (κ2) is 9.23. The highest BCUT2D eigenvalue weighted by atomic mass is 16.5.